The number of para-hydroxylation sites is 1. The minimum absolute atomic E-state index is 0.229. The van der Waals surface area contributed by atoms with Gasteiger partial charge in [-0.05, 0) is 19.1 Å². The summed E-state index contributed by atoms with van der Waals surface area (Å²) in [5.74, 6) is 0.229. The molecule has 0 radical (unpaired) electrons. The van der Waals surface area contributed by atoms with Gasteiger partial charge in [0.05, 0.1) is 5.69 Å². The predicted octanol–water partition coefficient (Wildman–Crippen LogP) is 6.44. The topological polar surface area (TPSA) is 32.6 Å². The van der Waals surface area contributed by atoms with Crippen LogP contribution in [-0.2, 0) is 18.2 Å². The van der Waals surface area contributed by atoms with Gasteiger partial charge < -0.3 is 5.11 Å². The molecule has 115 valence electrons. The summed E-state index contributed by atoms with van der Waals surface area (Å²) < 4.78 is 0. The summed E-state index contributed by atoms with van der Waals surface area (Å²) in [6, 6.07) is 19.1. The Bertz CT molecular complexity index is 613. The zero-order chi connectivity index (χ0) is 16.4. The summed E-state index contributed by atoms with van der Waals surface area (Å²) in [5, 5.41) is 9.95. The summed E-state index contributed by atoms with van der Waals surface area (Å²) in [6.45, 7) is 1.87. The molecular formula is C16H15Cl3NOZr. The second kappa shape index (κ2) is 11.0. The molecule has 6 heteroatoms. The van der Waals surface area contributed by atoms with Gasteiger partial charge in [-0.2, -0.15) is 0 Å². The van der Waals surface area contributed by atoms with Crippen LogP contribution in [0.4, 0.5) is 5.69 Å². The van der Waals surface area contributed by atoms with E-state index in [4.69, 9.17) is 25.5 Å². The quantitative estimate of drug-likeness (QED) is 0.437. The first-order valence-corrected chi connectivity index (χ1v) is 15.9. The molecular weight excluding hydrogens is 420 g/mol. The molecule has 0 aliphatic carbocycles. The SMILES string of the molecule is CC(/C=C(\O)c1ccccc1)=Nc1ccccc1.[Cl][Zr]([Cl])[Cl]. The number of aliphatic imine (C=N–C) groups is 1. The fourth-order valence-electron chi connectivity index (χ4n) is 1.63. The van der Waals surface area contributed by atoms with Gasteiger partial charge in [-0.1, -0.05) is 48.5 Å². The van der Waals surface area contributed by atoms with Crippen molar-refractivity contribution in [3.8, 4) is 0 Å². The third kappa shape index (κ3) is 8.75. The first kappa shape index (κ1) is 19.4. The molecule has 0 atom stereocenters. The molecule has 0 aliphatic heterocycles. The average molecular weight is 435 g/mol. The number of hydrogen-bond acceptors (Lipinski definition) is 2. The predicted molar refractivity (Wildman–Crippen MR) is 93.8 cm³/mol. The molecule has 0 saturated carbocycles. The summed E-state index contributed by atoms with van der Waals surface area (Å²) in [4.78, 5) is 4.40. The first-order chi connectivity index (χ1) is 10.5. The molecule has 22 heavy (non-hydrogen) atoms. The van der Waals surface area contributed by atoms with Crippen molar-refractivity contribution in [1.29, 1.82) is 0 Å². The molecule has 0 spiro atoms. The maximum atomic E-state index is 9.95. The van der Waals surface area contributed by atoms with Crippen molar-refractivity contribution in [2.75, 3.05) is 0 Å². The molecule has 0 bridgehead atoms. The van der Waals surface area contributed by atoms with E-state index in [1.165, 1.54) is 0 Å². The summed E-state index contributed by atoms with van der Waals surface area (Å²) in [5.41, 5.74) is 2.44. The van der Waals surface area contributed by atoms with Crippen LogP contribution in [0.2, 0.25) is 0 Å². The molecule has 0 aliphatic rings. The summed E-state index contributed by atoms with van der Waals surface area (Å²) >= 11 is -2.13. The van der Waals surface area contributed by atoms with E-state index in [9.17, 15) is 5.11 Å². The van der Waals surface area contributed by atoms with Gasteiger partial charge in [0.15, 0.2) is 0 Å². The van der Waals surface area contributed by atoms with Gasteiger partial charge in [0.2, 0.25) is 0 Å². The Hall–Kier alpha value is -0.597. The molecule has 0 heterocycles. The van der Waals surface area contributed by atoms with Gasteiger partial charge in [0.25, 0.3) is 0 Å². The van der Waals surface area contributed by atoms with E-state index in [0.717, 1.165) is 17.0 Å². The monoisotopic (exact) mass is 432 g/mol. The zero-order valence-corrected chi connectivity index (χ0v) is 16.6. The van der Waals surface area contributed by atoms with Crippen molar-refractivity contribution < 1.29 is 23.3 Å². The molecule has 0 amide bonds. The van der Waals surface area contributed by atoms with E-state index in [1.807, 2.05) is 67.6 Å². The Labute approximate surface area is 149 Å². The van der Waals surface area contributed by atoms with E-state index in [-0.39, 0.29) is 5.76 Å². The Morgan fingerprint density at radius 2 is 1.41 bits per heavy atom. The second-order valence-corrected chi connectivity index (χ2v) is 15.4. The summed E-state index contributed by atoms with van der Waals surface area (Å²) in [6.07, 6.45) is 1.67. The van der Waals surface area contributed by atoms with Crippen LogP contribution in [0.25, 0.3) is 5.76 Å². The third-order valence-electron chi connectivity index (χ3n) is 2.48. The molecule has 2 aromatic rings. The third-order valence-corrected chi connectivity index (χ3v) is 2.48. The average Bonchev–Trinajstić information content (AvgIpc) is 2.48. The van der Waals surface area contributed by atoms with Gasteiger partial charge in [-0.15, -0.1) is 0 Å². The molecule has 1 N–H and O–H groups in total. The van der Waals surface area contributed by atoms with Gasteiger partial charge in [-0.25, -0.2) is 0 Å². The minimum atomic E-state index is -2.13. The number of halogens is 3. The number of hydrogen-bond donors (Lipinski definition) is 1. The molecule has 0 unspecified atom stereocenters. The normalized spacial score (nSPS) is 11.5. The van der Waals surface area contributed by atoms with Crippen LogP contribution in [-0.4, -0.2) is 10.8 Å². The summed E-state index contributed by atoms with van der Waals surface area (Å²) in [7, 11) is 15.0. The zero-order valence-electron chi connectivity index (χ0n) is 11.9. The van der Waals surface area contributed by atoms with Gasteiger partial charge in [0.1, 0.15) is 5.76 Å². The fourth-order valence-corrected chi connectivity index (χ4v) is 1.63. The van der Waals surface area contributed by atoms with Crippen molar-refractivity contribution in [3.05, 3.63) is 72.3 Å². The Kier molecular flexibility index (Phi) is 9.74. The molecule has 2 nitrogen and oxygen atoms in total. The van der Waals surface area contributed by atoms with E-state index in [0.29, 0.717) is 0 Å². The van der Waals surface area contributed by atoms with Crippen LogP contribution in [0.15, 0.2) is 71.7 Å². The maximum absolute atomic E-state index is 9.95. The van der Waals surface area contributed by atoms with E-state index in [1.54, 1.807) is 6.08 Å². The number of aliphatic hydroxyl groups is 1. The van der Waals surface area contributed by atoms with Crippen LogP contribution in [0.3, 0.4) is 0 Å². The van der Waals surface area contributed by atoms with Crippen molar-refractivity contribution >= 4 is 42.7 Å². The van der Waals surface area contributed by atoms with Crippen LogP contribution in [0.1, 0.15) is 12.5 Å². The Morgan fingerprint density at radius 3 is 1.91 bits per heavy atom. The van der Waals surface area contributed by atoms with Crippen LogP contribution in [0.5, 0.6) is 0 Å². The van der Waals surface area contributed by atoms with Crippen molar-refractivity contribution in [3.63, 3.8) is 0 Å². The molecule has 0 aromatic heterocycles. The van der Waals surface area contributed by atoms with Gasteiger partial charge in [0, 0.05) is 17.4 Å². The first-order valence-electron chi connectivity index (χ1n) is 6.39. The molecule has 0 fully saturated rings. The Morgan fingerprint density at radius 1 is 0.955 bits per heavy atom. The molecule has 2 aromatic carbocycles. The van der Waals surface area contributed by atoms with Crippen LogP contribution < -0.4 is 0 Å². The number of allylic oxidation sites excluding steroid dienone is 1. The number of rotatable bonds is 3. The van der Waals surface area contributed by atoms with Gasteiger partial charge in [-0.3, -0.25) is 4.99 Å². The van der Waals surface area contributed by atoms with Crippen LogP contribution >= 0.6 is 25.5 Å². The fraction of sp³-hybridized carbons (Fsp3) is 0.0625. The standard InChI is InChI=1S/C16H15NO.3ClH.Zr/c1-13(17-15-10-6-3-7-11-15)12-16(18)14-8-4-2-5-9-14;;;;/h2-12,18H,1H3;3*1H;/q;;;;+3/p-3/b16-12-,17-13?;;;;. The molecule has 2 rings (SSSR count). The number of nitrogens with zero attached hydrogens (tertiary/aromatic N) is 1. The number of aliphatic hydroxyl groups excluding tert-OH is 1. The van der Waals surface area contributed by atoms with Gasteiger partial charge >= 0.3 is 43.7 Å². The van der Waals surface area contributed by atoms with E-state index < -0.39 is 18.2 Å². The van der Waals surface area contributed by atoms with E-state index >= 15 is 0 Å². The van der Waals surface area contributed by atoms with Crippen molar-refractivity contribution in [2.24, 2.45) is 4.99 Å². The van der Waals surface area contributed by atoms with Crippen molar-refractivity contribution in [1.82, 2.24) is 0 Å². The number of benzene rings is 2. The Balaban J connectivity index is 0.000000541. The van der Waals surface area contributed by atoms with Crippen molar-refractivity contribution in [2.45, 2.75) is 6.92 Å². The molecule has 0 saturated heterocycles. The van der Waals surface area contributed by atoms with Crippen LogP contribution in [0, 0.1) is 0 Å². The van der Waals surface area contributed by atoms with E-state index in [2.05, 4.69) is 4.99 Å². The second-order valence-electron chi connectivity index (χ2n) is 4.20.